The number of nitrogens with one attached hydrogen (secondary N) is 1. The van der Waals surface area contributed by atoms with Crippen molar-refractivity contribution in [3.63, 3.8) is 0 Å². The lowest BCUT2D eigenvalue weighted by molar-refractivity contribution is -0.160. The van der Waals surface area contributed by atoms with Gasteiger partial charge < -0.3 is 29.7 Å². The first-order valence-electron chi connectivity index (χ1n) is 13.8. The number of ether oxygens (including phenoxy) is 2. The minimum atomic E-state index is -1.33. The molecule has 0 radical (unpaired) electrons. The molecule has 2 fully saturated rings. The fourth-order valence-electron chi connectivity index (χ4n) is 6.23. The minimum Gasteiger partial charge on any atom is -0.460 e. The number of hydrogen-bond donors (Lipinski definition) is 2. The number of carbonyl (C=O) groups excluding carboxylic acids is 4. The summed E-state index contributed by atoms with van der Waals surface area (Å²) >= 11 is 0. The molecule has 10 heteroatoms. The quantitative estimate of drug-likeness (QED) is 0.403. The van der Waals surface area contributed by atoms with Gasteiger partial charge in [-0.15, -0.1) is 0 Å². The Morgan fingerprint density at radius 2 is 1.89 bits per heavy atom. The molecule has 0 unspecified atom stereocenters. The first-order valence-corrected chi connectivity index (χ1v) is 13.8. The van der Waals surface area contributed by atoms with Crippen LogP contribution in [0.25, 0.3) is 0 Å². The van der Waals surface area contributed by atoms with E-state index in [1.807, 2.05) is 39.8 Å². The number of nitrogens with zero attached hydrogens (tertiary/aromatic N) is 2. The van der Waals surface area contributed by atoms with Crippen LogP contribution in [0.5, 0.6) is 0 Å². The third-order valence-corrected chi connectivity index (χ3v) is 8.48. The van der Waals surface area contributed by atoms with Gasteiger partial charge in [-0.25, -0.2) is 0 Å². The molecule has 0 aromatic rings. The van der Waals surface area contributed by atoms with E-state index in [-0.39, 0.29) is 49.3 Å². The molecule has 1 spiro atoms. The Balaban J connectivity index is 1.81. The van der Waals surface area contributed by atoms with Gasteiger partial charge in [0.1, 0.15) is 23.7 Å². The van der Waals surface area contributed by atoms with E-state index in [4.69, 9.17) is 9.47 Å². The molecule has 5 bridgehead atoms. The third-order valence-electron chi connectivity index (χ3n) is 8.48. The zero-order valence-electron chi connectivity index (χ0n) is 23.0. The summed E-state index contributed by atoms with van der Waals surface area (Å²) in [6.07, 6.45) is 7.40. The van der Waals surface area contributed by atoms with Crippen molar-refractivity contribution in [1.82, 2.24) is 15.1 Å². The second-order valence-electron chi connectivity index (χ2n) is 11.2. The van der Waals surface area contributed by atoms with Gasteiger partial charge in [-0.05, 0) is 33.1 Å². The Kier molecular flexibility index (Phi) is 8.32. The fraction of sp³-hybridized carbons (Fsp3) is 0.714. The summed E-state index contributed by atoms with van der Waals surface area (Å²) in [5, 5.41) is 13.2. The molecule has 4 aliphatic rings. The maximum Gasteiger partial charge on any atom is 0.313 e. The van der Waals surface area contributed by atoms with E-state index in [1.165, 1.54) is 4.90 Å². The number of hydrogen-bond acceptors (Lipinski definition) is 7. The lowest BCUT2D eigenvalue weighted by Gasteiger charge is -2.41. The molecule has 2 N–H and O–H groups in total. The summed E-state index contributed by atoms with van der Waals surface area (Å²) in [5.74, 6) is -3.38. The summed E-state index contributed by atoms with van der Waals surface area (Å²) in [6, 6.07) is -1.83. The molecule has 4 aliphatic heterocycles. The average molecular weight is 532 g/mol. The second kappa shape index (κ2) is 11.2. The Morgan fingerprint density at radius 1 is 1.16 bits per heavy atom. The second-order valence-corrected chi connectivity index (χ2v) is 11.2. The van der Waals surface area contributed by atoms with Crippen LogP contribution in [0.3, 0.4) is 0 Å². The topological polar surface area (TPSA) is 125 Å². The van der Waals surface area contributed by atoms with E-state index in [2.05, 4.69) is 5.32 Å². The van der Waals surface area contributed by atoms with Crippen molar-refractivity contribution in [3.8, 4) is 0 Å². The lowest BCUT2D eigenvalue weighted by atomic mass is 9.74. The van der Waals surface area contributed by atoms with Crippen LogP contribution in [-0.2, 0) is 28.7 Å². The highest BCUT2D eigenvalue weighted by atomic mass is 16.6. The number of rotatable bonds is 5. The fourth-order valence-corrected chi connectivity index (χ4v) is 6.23. The highest BCUT2D eigenvalue weighted by Crippen LogP contribution is 2.56. The van der Waals surface area contributed by atoms with E-state index in [0.29, 0.717) is 19.4 Å². The highest BCUT2D eigenvalue weighted by Gasteiger charge is 2.74. The molecular weight excluding hydrogens is 490 g/mol. The molecule has 210 valence electrons. The van der Waals surface area contributed by atoms with Crippen molar-refractivity contribution < 1.29 is 33.8 Å². The van der Waals surface area contributed by atoms with Crippen LogP contribution in [0, 0.1) is 17.8 Å². The predicted octanol–water partition coefficient (Wildman–Crippen LogP) is 1.18. The molecule has 4 heterocycles. The third kappa shape index (κ3) is 4.77. The summed E-state index contributed by atoms with van der Waals surface area (Å²) < 4.78 is 12.1. The molecule has 10 nitrogen and oxygen atoms in total. The Morgan fingerprint density at radius 3 is 2.55 bits per heavy atom. The van der Waals surface area contributed by atoms with E-state index in [9.17, 15) is 24.3 Å². The lowest BCUT2D eigenvalue weighted by Crippen LogP contribution is -2.60. The molecular formula is C28H41N3O7. The van der Waals surface area contributed by atoms with Gasteiger partial charge in [-0.2, -0.15) is 0 Å². The van der Waals surface area contributed by atoms with Crippen LogP contribution in [0.4, 0.5) is 0 Å². The summed E-state index contributed by atoms with van der Waals surface area (Å²) in [4.78, 5) is 57.4. The van der Waals surface area contributed by atoms with E-state index in [0.717, 1.165) is 0 Å². The molecule has 0 aromatic heterocycles. The highest BCUT2D eigenvalue weighted by molar-refractivity contribution is 5.99. The number of aliphatic hydroxyl groups is 1. The average Bonchev–Trinajstić information content (AvgIpc) is 3.52. The molecule has 38 heavy (non-hydrogen) atoms. The summed E-state index contributed by atoms with van der Waals surface area (Å²) in [5.41, 5.74) is -1.33. The maximum absolute atomic E-state index is 14.4. The Hall–Kier alpha value is -2.72. The van der Waals surface area contributed by atoms with Crippen LogP contribution in [0.2, 0.25) is 0 Å². The van der Waals surface area contributed by atoms with Crippen LogP contribution in [0.1, 0.15) is 53.9 Å². The number of likely N-dealkylation sites (tertiary alicyclic amines) is 1. The number of fused-ring (bicyclic) bond motifs is 2. The molecule has 0 saturated carbocycles. The zero-order chi connectivity index (χ0) is 27.8. The zero-order valence-corrected chi connectivity index (χ0v) is 23.0. The van der Waals surface area contributed by atoms with Crippen molar-refractivity contribution >= 4 is 23.7 Å². The SMILES string of the molecule is CC[C@H](C)[C@H](CO)N1C(=O)[C@@H]2[C@H]3C(=O)O[C@@H](C)CNC(=O)CC/C=C\CN(C(C)C)C(=O)[C@@H]1[C@]21C=C[C@H]3O1. The largest absolute Gasteiger partial charge is 0.460 e. The van der Waals surface area contributed by atoms with Gasteiger partial charge >= 0.3 is 5.97 Å². The van der Waals surface area contributed by atoms with Crippen LogP contribution < -0.4 is 5.32 Å². The standard InChI is InChI=1S/C28H41N3O7/c1-6-17(4)19(15-32)31-24-26(35)30(16(2)3)13-9-7-8-10-21(33)29-14-18(5)37-27(36)22-20-11-12-28(24,38-20)23(22)25(31)34/h7,9,11-12,16-20,22-24,32H,6,8,10,13-15H2,1-5H3,(H,29,33)/b9-7-/t17-,18-,19-,20+,22-,23-,24+,28-/m0/s1. The monoisotopic (exact) mass is 531 g/mol. The molecule has 4 rings (SSSR count). The number of esters is 1. The summed E-state index contributed by atoms with van der Waals surface area (Å²) in [6.45, 7) is 9.54. The minimum absolute atomic E-state index is 0.0880. The van der Waals surface area contributed by atoms with Crippen molar-refractivity contribution in [2.24, 2.45) is 17.8 Å². The number of aliphatic hydroxyl groups excluding tert-OH is 1. The van der Waals surface area contributed by atoms with Crippen LogP contribution in [-0.4, -0.2) is 94.2 Å². The summed E-state index contributed by atoms with van der Waals surface area (Å²) in [7, 11) is 0. The van der Waals surface area contributed by atoms with Crippen LogP contribution in [0.15, 0.2) is 24.3 Å². The maximum atomic E-state index is 14.4. The smallest absolute Gasteiger partial charge is 0.313 e. The first-order chi connectivity index (χ1) is 18.1. The number of carbonyl (C=O) groups is 4. The Labute approximate surface area is 224 Å². The molecule has 8 atom stereocenters. The Bertz CT molecular complexity index is 1010. The van der Waals surface area contributed by atoms with Crippen LogP contribution >= 0.6 is 0 Å². The predicted molar refractivity (Wildman–Crippen MR) is 138 cm³/mol. The number of amides is 3. The van der Waals surface area contributed by atoms with Gasteiger partial charge in [0.15, 0.2) is 0 Å². The van der Waals surface area contributed by atoms with E-state index in [1.54, 1.807) is 24.0 Å². The first kappa shape index (κ1) is 28.3. The van der Waals surface area contributed by atoms with Gasteiger partial charge in [0.2, 0.25) is 17.7 Å². The van der Waals surface area contributed by atoms with Gasteiger partial charge in [-0.3, -0.25) is 19.2 Å². The van der Waals surface area contributed by atoms with Gasteiger partial charge in [0, 0.05) is 19.0 Å². The van der Waals surface area contributed by atoms with E-state index < -0.39 is 47.7 Å². The molecule has 3 amide bonds. The molecule has 0 aliphatic carbocycles. The van der Waals surface area contributed by atoms with E-state index >= 15 is 0 Å². The molecule has 0 aromatic carbocycles. The van der Waals surface area contributed by atoms with Crippen molar-refractivity contribution in [2.45, 2.75) is 89.8 Å². The molecule has 2 saturated heterocycles. The van der Waals surface area contributed by atoms with Gasteiger partial charge in [0.25, 0.3) is 0 Å². The van der Waals surface area contributed by atoms with Crippen molar-refractivity contribution in [1.29, 1.82) is 0 Å². The van der Waals surface area contributed by atoms with Gasteiger partial charge in [-0.1, -0.05) is 44.6 Å². The normalized spacial score (nSPS) is 36.3. The van der Waals surface area contributed by atoms with Crippen molar-refractivity contribution in [3.05, 3.63) is 24.3 Å². The number of cyclic esters (lactones) is 1. The number of allylic oxidation sites excluding steroid dienone is 1. The van der Waals surface area contributed by atoms with Gasteiger partial charge in [0.05, 0.1) is 31.2 Å². The van der Waals surface area contributed by atoms with Crippen molar-refractivity contribution in [2.75, 3.05) is 19.7 Å².